The molecule has 0 aliphatic carbocycles. The van der Waals surface area contributed by atoms with E-state index in [0.29, 0.717) is 0 Å². The Labute approximate surface area is 119 Å². The second-order valence-electron chi connectivity index (χ2n) is 5.72. The average Bonchev–Trinajstić information content (AvgIpc) is 2.73. The molecule has 2 nitrogen and oxygen atoms in total. The lowest BCUT2D eigenvalue weighted by molar-refractivity contribution is -0.117. The predicted molar refractivity (Wildman–Crippen MR) is 82.2 cm³/mol. The number of para-hydroxylation sites is 1. The molecule has 3 rings (SSSR count). The minimum atomic E-state index is -0.0644. The summed E-state index contributed by atoms with van der Waals surface area (Å²) < 4.78 is 0. The number of anilines is 1. The number of nitrogens with one attached hydrogen (secondary N) is 1. The van der Waals surface area contributed by atoms with Crippen LogP contribution in [0.4, 0.5) is 5.69 Å². The van der Waals surface area contributed by atoms with Crippen molar-refractivity contribution in [3.05, 3.63) is 64.2 Å². The molecule has 1 N–H and O–H groups in total. The van der Waals surface area contributed by atoms with Gasteiger partial charge in [0, 0.05) is 5.69 Å². The van der Waals surface area contributed by atoms with Gasteiger partial charge in [-0.25, -0.2) is 0 Å². The quantitative estimate of drug-likeness (QED) is 0.877. The van der Waals surface area contributed by atoms with Crippen molar-refractivity contribution < 1.29 is 4.79 Å². The molecule has 1 aliphatic rings. The molecule has 102 valence electrons. The first-order valence-corrected chi connectivity index (χ1v) is 7.03. The molecule has 1 heterocycles. The second-order valence-corrected chi connectivity index (χ2v) is 5.72. The van der Waals surface area contributed by atoms with Gasteiger partial charge in [-0.3, -0.25) is 4.79 Å². The normalized spacial score (nSPS) is 16.9. The lowest BCUT2D eigenvalue weighted by atomic mass is 9.90. The molecule has 0 aromatic heterocycles. The van der Waals surface area contributed by atoms with E-state index in [4.69, 9.17) is 0 Å². The van der Waals surface area contributed by atoms with E-state index < -0.39 is 0 Å². The van der Waals surface area contributed by atoms with E-state index in [9.17, 15) is 4.79 Å². The number of rotatable bonds is 2. The highest BCUT2D eigenvalue weighted by atomic mass is 16.2. The molecule has 2 aromatic carbocycles. The van der Waals surface area contributed by atoms with Crippen LogP contribution in [-0.4, -0.2) is 5.91 Å². The number of amides is 1. The molecule has 0 radical (unpaired) electrons. The highest BCUT2D eigenvalue weighted by molar-refractivity contribution is 6.03. The van der Waals surface area contributed by atoms with Crippen molar-refractivity contribution in [3.8, 4) is 0 Å². The van der Waals surface area contributed by atoms with Gasteiger partial charge in [0.2, 0.25) is 5.91 Å². The van der Waals surface area contributed by atoms with Crippen molar-refractivity contribution >= 4 is 11.6 Å². The van der Waals surface area contributed by atoms with Crippen LogP contribution in [0, 0.1) is 20.8 Å². The third-order valence-corrected chi connectivity index (χ3v) is 4.17. The number of fused-ring (bicyclic) bond motifs is 1. The lowest BCUT2D eigenvalue weighted by Crippen LogP contribution is -2.14. The Balaban J connectivity index is 1.98. The fraction of sp³-hybridized carbons (Fsp3) is 0.278. The number of carbonyl (C=O) groups excluding carboxylic acids is 1. The Kier molecular flexibility index (Phi) is 3.09. The largest absolute Gasteiger partial charge is 0.325 e. The third-order valence-electron chi connectivity index (χ3n) is 4.17. The third kappa shape index (κ3) is 2.11. The maximum atomic E-state index is 12.3. The van der Waals surface area contributed by atoms with Crippen LogP contribution in [0.2, 0.25) is 0 Å². The summed E-state index contributed by atoms with van der Waals surface area (Å²) >= 11 is 0. The zero-order chi connectivity index (χ0) is 14.3. The van der Waals surface area contributed by atoms with E-state index in [1.807, 2.05) is 19.1 Å². The van der Waals surface area contributed by atoms with Crippen molar-refractivity contribution in [2.45, 2.75) is 33.1 Å². The van der Waals surface area contributed by atoms with E-state index in [2.05, 4.69) is 43.4 Å². The van der Waals surface area contributed by atoms with E-state index in [-0.39, 0.29) is 11.8 Å². The molecule has 1 aliphatic heterocycles. The van der Waals surface area contributed by atoms with Crippen molar-refractivity contribution in [2.24, 2.45) is 0 Å². The van der Waals surface area contributed by atoms with E-state index >= 15 is 0 Å². The molecule has 0 saturated heterocycles. The number of carbonyl (C=O) groups is 1. The summed E-state index contributed by atoms with van der Waals surface area (Å²) in [7, 11) is 0. The number of aryl methyl sites for hydroxylation is 3. The van der Waals surface area contributed by atoms with Crippen LogP contribution in [-0.2, 0) is 11.2 Å². The Hall–Kier alpha value is -2.09. The van der Waals surface area contributed by atoms with Crippen molar-refractivity contribution in [1.82, 2.24) is 0 Å². The van der Waals surface area contributed by atoms with Crippen LogP contribution in [0.1, 0.15) is 33.7 Å². The van der Waals surface area contributed by atoms with Gasteiger partial charge < -0.3 is 5.32 Å². The minimum Gasteiger partial charge on any atom is -0.325 e. The maximum Gasteiger partial charge on any atom is 0.232 e. The highest BCUT2D eigenvalue weighted by Gasteiger charge is 2.31. The van der Waals surface area contributed by atoms with Gasteiger partial charge in [-0.2, -0.15) is 0 Å². The summed E-state index contributed by atoms with van der Waals surface area (Å²) in [4.78, 5) is 12.3. The summed E-state index contributed by atoms with van der Waals surface area (Å²) in [5.41, 5.74) is 7.04. The van der Waals surface area contributed by atoms with Crippen molar-refractivity contribution in [1.29, 1.82) is 0 Å². The zero-order valence-corrected chi connectivity index (χ0v) is 12.2. The Morgan fingerprint density at radius 3 is 2.65 bits per heavy atom. The lowest BCUT2D eigenvalue weighted by Gasteiger charge is -2.12. The first-order valence-electron chi connectivity index (χ1n) is 7.03. The minimum absolute atomic E-state index is 0.0644. The fourth-order valence-corrected chi connectivity index (χ4v) is 2.95. The molecule has 1 atom stereocenters. The molecular formula is C18H19NO. The average molecular weight is 265 g/mol. The molecule has 0 saturated carbocycles. The topological polar surface area (TPSA) is 29.1 Å². The second kappa shape index (κ2) is 4.78. The van der Waals surface area contributed by atoms with Crippen LogP contribution < -0.4 is 5.32 Å². The van der Waals surface area contributed by atoms with Gasteiger partial charge in [-0.1, -0.05) is 42.0 Å². The van der Waals surface area contributed by atoms with Gasteiger partial charge in [0.25, 0.3) is 0 Å². The fourth-order valence-electron chi connectivity index (χ4n) is 2.95. The maximum absolute atomic E-state index is 12.3. The number of benzene rings is 2. The van der Waals surface area contributed by atoms with Gasteiger partial charge in [0.1, 0.15) is 0 Å². The number of hydrogen-bond donors (Lipinski definition) is 1. The Bertz CT molecular complexity index is 688. The van der Waals surface area contributed by atoms with Crippen LogP contribution in [0.15, 0.2) is 36.4 Å². The van der Waals surface area contributed by atoms with Gasteiger partial charge in [0.05, 0.1) is 5.92 Å². The molecule has 20 heavy (non-hydrogen) atoms. The van der Waals surface area contributed by atoms with E-state index in [1.54, 1.807) is 0 Å². The smallest absolute Gasteiger partial charge is 0.232 e. The summed E-state index contributed by atoms with van der Waals surface area (Å²) in [6.07, 6.45) is 0.774. The van der Waals surface area contributed by atoms with Crippen molar-refractivity contribution in [3.63, 3.8) is 0 Å². The van der Waals surface area contributed by atoms with Crippen LogP contribution >= 0.6 is 0 Å². The van der Waals surface area contributed by atoms with Gasteiger partial charge >= 0.3 is 0 Å². The molecule has 0 bridgehead atoms. The Morgan fingerprint density at radius 2 is 1.85 bits per heavy atom. The molecule has 1 amide bonds. The van der Waals surface area contributed by atoms with E-state index in [0.717, 1.165) is 23.2 Å². The van der Waals surface area contributed by atoms with Crippen LogP contribution in [0.5, 0.6) is 0 Å². The SMILES string of the molecule is Cc1ccc(C)c(C[C@@H]2C(=O)Nc3c(C)cccc32)c1. The summed E-state index contributed by atoms with van der Waals surface area (Å²) in [5, 5.41) is 3.03. The monoisotopic (exact) mass is 265 g/mol. The van der Waals surface area contributed by atoms with Gasteiger partial charge in [0.15, 0.2) is 0 Å². The van der Waals surface area contributed by atoms with Crippen LogP contribution in [0.25, 0.3) is 0 Å². The summed E-state index contributed by atoms with van der Waals surface area (Å²) in [6, 6.07) is 12.6. The van der Waals surface area contributed by atoms with Gasteiger partial charge in [-0.05, 0) is 49.4 Å². The first-order chi connectivity index (χ1) is 9.56. The van der Waals surface area contributed by atoms with E-state index in [1.165, 1.54) is 16.7 Å². The van der Waals surface area contributed by atoms with Gasteiger partial charge in [-0.15, -0.1) is 0 Å². The first kappa shape index (κ1) is 12.9. The number of hydrogen-bond acceptors (Lipinski definition) is 1. The molecular weight excluding hydrogens is 246 g/mol. The highest BCUT2D eigenvalue weighted by Crippen LogP contribution is 2.37. The zero-order valence-electron chi connectivity index (χ0n) is 12.2. The molecule has 0 unspecified atom stereocenters. The molecule has 2 aromatic rings. The molecule has 0 fully saturated rings. The predicted octanol–water partition coefficient (Wildman–Crippen LogP) is 3.89. The molecule has 2 heteroatoms. The standard InChI is InChI=1S/C18H19NO/c1-11-7-8-12(2)14(9-11)10-16-15-6-4-5-13(3)17(15)19-18(16)20/h4-9,16H,10H2,1-3H3,(H,19,20)/t16-/m0/s1. The Morgan fingerprint density at radius 1 is 1.05 bits per heavy atom. The van der Waals surface area contributed by atoms with Crippen LogP contribution in [0.3, 0.4) is 0 Å². The van der Waals surface area contributed by atoms with Crippen molar-refractivity contribution in [2.75, 3.05) is 5.32 Å². The summed E-state index contributed by atoms with van der Waals surface area (Å²) in [6.45, 7) is 6.24. The molecule has 0 spiro atoms. The summed E-state index contributed by atoms with van der Waals surface area (Å²) in [5.74, 6) is 0.0561.